The number of rotatable bonds is 6. The Morgan fingerprint density at radius 2 is 2.27 bits per heavy atom. The van der Waals surface area contributed by atoms with Crippen molar-refractivity contribution < 1.29 is 4.74 Å². The molecule has 0 amide bonds. The lowest BCUT2D eigenvalue weighted by Gasteiger charge is -2.15. The van der Waals surface area contributed by atoms with E-state index >= 15 is 0 Å². The van der Waals surface area contributed by atoms with Gasteiger partial charge in [-0.2, -0.15) is 11.8 Å². The SMILES string of the molecule is CN=C(NCCc1ccc(C)c(OC)c1)NCC1CCCS1. The van der Waals surface area contributed by atoms with E-state index in [9.17, 15) is 0 Å². The van der Waals surface area contributed by atoms with Gasteiger partial charge in [0.25, 0.3) is 0 Å². The number of methoxy groups -OCH3 is 1. The van der Waals surface area contributed by atoms with E-state index in [0.29, 0.717) is 0 Å². The van der Waals surface area contributed by atoms with Gasteiger partial charge in [-0.15, -0.1) is 0 Å². The Kier molecular flexibility index (Phi) is 6.90. The van der Waals surface area contributed by atoms with Crippen molar-refractivity contribution in [1.82, 2.24) is 10.6 Å². The van der Waals surface area contributed by atoms with Gasteiger partial charge in [-0.05, 0) is 49.1 Å². The molecule has 4 nitrogen and oxygen atoms in total. The van der Waals surface area contributed by atoms with Crippen LogP contribution in [-0.4, -0.2) is 44.2 Å². The van der Waals surface area contributed by atoms with E-state index in [1.165, 1.54) is 29.7 Å². The maximum atomic E-state index is 5.37. The van der Waals surface area contributed by atoms with Crippen LogP contribution in [0.1, 0.15) is 24.0 Å². The van der Waals surface area contributed by atoms with Crippen LogP contribution in [0.25, 0.3) is 0 Å². The summed E-state index contributed by atoms with van der Waals surface area (Å²) in [5.41, 5.74) is 2.45. The molecule has 1 aliphatic heterocycles. The van der Waals surface area contributed by atoms with Gasteiger partial charge in [-0.25, -0.2) is 0 Å². The Bertz CT molecular complexity index is 499. The molecule has 0 saturated carbocycles. The number of ether oxygens (including phenoxy) is 1. The molecule has 0 radical (unpaired) electrons. The molecule has 0 aromatic heterocycles. The summed E-state index contributed by atoms with van der Waals surface area (Å²) in [6, 6.07) is 6.38. The average molecular weight is 321 g/mol. The molecule has 1 fully saturated rings. The van der Waals surface area contributed by atoms with Gasteiger partial charge in [-0.3, -0.25) is 4.99 Å². The van der Waals surface area contributed by atoms with Gasteiger partial charge in [0.15, 0.2) is 5.96 Å². The minimum atomic E-state index is 0.736. The average Bonchev–Trinajstić information content (AvgIpc) is 3.05. The number of aliphatic imine (C=N–C) groups is 1. The second-order valence-corrected chi connectivity index (χ2v) is 6.98. The smallest absolute Gasteiger partial charge is 0.191 e. The molecule has 1 aliphatic rings. The lowest BCUT2D eigenvalue weighted by molar-refractivity contribution is 0.411. The lowest BCUT2D eigenvalue weighted by Crippen LogP contribution is -2.40. The fourth-order valence-corrected chi connectivity index (χ4v) is 3.78. The van der Waals surface area contributed by atoms with Crippen LogP contribution >= 0.6 is 11.8 Å². The maximum Gasteiger partial charge on any atom is 0.191 e. The second-order valence-electron chi connectivity index (χ2n) is 5.57. The number of benzene rings is 1. The van der Waals surface area contributed by atoms with Crippen LogP contribution in [0.4, 0.5) is 0 Å². The van der Waals surface area contributed by atoms with E-state index in [1.807, 2.05) is 7.05 Å². The Labute approximate surface area is 138 Å². The van der Waals surface area contributed by atoms with Crippen molar-refractivity contribution in [2.24, 2.45) is 4.99 Å². The van der Waals surface area contributed by atoms with Gasteiger partial charge in [0.05, 0.1) is 7.11 Å². The molecule has 1 aromatic carbocycles. The highest BCUT2D eigenvalue weighted by Crippen LogP contribution is 2.25. The molecule has 22 heavy (non-hydrogen) atoms. The predicted octanol–water partition coefficient (Wildman–Crippen LogP) is 2.61. The highest BCUT2D eigenvalue weighted by atomic mass is 32.2. The normalized spacial score (nSPS) is 18.3. The number of nitrogens with zero attached hydrogens (tertiary/aromatic N) is 1. The maximum absolute atomic E-state index is 5.37. The number of aryl methyl sites for hydroxylation is 1. The fraction of sp³-hybridized carbons (Fsp3) is 0.588. The molecule has 0 spiro atoms. The van der Waals surface area contributed by atoms with Gasteiger partial charge in [0, 0.05) is 25.4 Å². The van der Waals surface area contributed by atoms with Crippen LogP contribution in [0, 0.1) is 6.92 Å². The number of hydrogen-bond donors (Lipinski definition) is 2. The van der Waals surface area contributed by atoms with Crippen molar-refractivity contribution in [1.29, 1.82) is 0 Å². The van der Waals surface area contributed by atoms with Crippen LogP contribution in [0.5, 0.6) is 5.75 Å². The standard InChI is InChI=1S/C17H27N3OS/c1-13-6-7-14(11-16(13)21-3)8-9-19-17(18-2)20-12-15-5-4-10-22-15/h6-7,11,15H,4-5,8-10,12H2,1-3H3,(H2,18,19,20). The van der Waals surface area contributed by atoms with E-state index in [4.69, 9.17) is 4.74 Å². The highest BCUT2D eigenvalue weighted by Gasteiger charge is 2.15. The van der Waals surface area contributed by atoms with Crippen LogP contribution in [0.3, 0.4) is 0 Å². The van der Waals surface area contributed by atoms with Gasteiger partial charge in [0.1, 0.15) is 5.75 Å². The van der Waals surface area contributed by atoms with Crippen molar-refractivity contribution >= 4 is 17.7 Å². The van der Waals surface area contributed by atoms with Gasteiger partial charge < -0.3 is 15.4 Å². The van der Waals surface area contributed by atoms with Gasteiger partial charge >= 0.3 is 0 Å². The van der Waals surface area contributed by atoms with E-state index in [1.54, 1.807) is 7.11 Å². The number of thioether (sulfide) groups is 1. The minimum Gasteiger partial charge on any atom is -0.496 e. The van der Waals surface area contributed by atoms with Crippen LogP contribution < -0.4 is 15.4 Å². The Hall–Kier alpha value is -1.36. The second kappa shape index (κ2) is 8.93. The molecule has 1 saturated heterocycles. The first-order valence-electron chi connectivity index (χ1n) is 7.92. The molecule has 1 atom stereocenters. The Morgan fingerprint density at radius 3 is 2.95 bits per heavy atom. The summed E-state index contributed by atoms with van der Waals surface area (Å²) < 4.78 is 5.37. The van der Waals surface area contributed by atoms with Crippen molar-refractivity contribution in [2.75, 3.05) is 33.0 Å². The first-order chi connectivity index (χ1) is 10.7. The predicted molar refractivity (Wildman–Crippen MR) is 96.3 cm³/mol. The molecular formula is C17H27N3OS. The van der Waals surface area contributed by atoms with Crippen molar-refractivity contribution in [3.8, 4) is 5.75 Å². The molecule has 1 unspecified atom stereocenters. The summed E-state index contributed by atoms with van der Waals surface area (Å²) in [5, 5.41) is 7.54. The monoisotopic (exact) mass is 321 g/mol. The topological polar surface area (TPSA) is 45.7 Å². The van der Waals surface area contributed by atoms with E-state index < -0.39 is 0 Å². The molecule has 0 bridgehead atoms. The van der Waals surface area contributed by atoms with Gasteiger partial charge in [-0.1, -0.05) is 12.1 Å². The molecule has 0 aliphatic carbocycles. The summed E-state index contributed by atoms with van der Waals surface area (Å²) in [7, 11) is 3.54. The van der Waals surface area contributed by atoms with E-state index in [2.05, 4.69) is 52.5 Å². The first-order valence-corrected chi connectivity index (χ1v) is 8.97. The van der Waals surface area contributed by atoms with Crippen molar-refractivity contribution in [3.05, 3.63) is 29.3 Å². The third-order valence-corrected chi connectivity index (χ3v) is 5.32. The lowest BCUT2D eigenvalue weighted by atomic mass is 10.1. The quantitative estimate of drug-likeness (QED) is 0.624. The summed E-state index contributed by atoms with van der Waals surface area (Å²) in [4.78, 5) is 4.29. The molecule has 1 heterocycles. The van der Waals surface area contributed by atoms with Crippen molar-refractivity contribution in [3.63, 3.8) is 0 Å². The van der Waals surface area contributed by atoms with E-state index in [-0.39, 0.29) is 0 Å². The molecule has 122 valence electrons. The largest absolute Gasteiger partial charge is 0.496 e. The zero-order chi connectivity index (χ0) is 15.8. The number of guanidine groups is 1. The fourth-order valence-electron chi connectivity index (χ4n) is 2.58. The summed E-state index contributed by atoms with van der Waals surface area (Å²) in [6.45, 7) is 3.93. The van der Waals surface area contributed by atoms with E-state index in [0.717, 1.165) is 36.5 Å². The zero-order valence-corrected chi connectivity index (χ0v) is 14.6. The number of hydrogen-bond acceptors (Lipinski definition) is 3. The first kappa shape index (κ1) is 17.0. The number of nitrogens with one attached hydrogen (secondary N) is 2. The van der Waals surface area contributed by atoms with Crippen LogP contribution in [0.2, 0.25) is 0 Å². The van der Waals surface area contributed by atoms with Crippen LogP contribution in [-0.2, 0) is 6.42 Å². The third-order valence-electron chi connectivity index (χ3n) is 3.92. The van der Waals surface area contributed by atoms with Crippen molar-refractivity contribution in [2.45, 2.75) is 31.4 Å². The molecular weight excluding hydrogens is 294 g/mol. The third kappa shape index (κ3) is 5.13. The minimum absolute atomic E-state index is 0.736. The summed E-state index contributed by atoms with van der Waals surface area (Å²) in [6.07, 6.45) is 3.62. The zero-order valence-electron chi connectivity index (χ0n) is 13.8. The molecule has 5 heteroatoms. The van der Waals surface area contributed by atoms with Gasteiger partial charge in [0.2, 0.25) is 0 Å². The summed E-state index contributed by atoms with van der Waals surface area (Å²) >= 11 is 2.06. The highest BCUT2D eigenvalue weighted by molar-refractivity contribution is 8.00. The molecule has 1 aromatic rings. The Balaban J connectivity index is 1.74. The Morgan fingerprint density at radius 1 is 1.41 bits per heavy atom. The van der Waals surface area contributed by atoms with Crippen LogP contribution in [0.15, 0.2) is 23.2 Å². The molecule has 2 N–H and O–H groups in total. The summed E-state index contributed by atoms with van der Waals surface area (Å²) in [5.74, 6) is 3.15. The molecule has 2 rings (SSSR count).